The van der Waals surface area contributed by atoms with Crippen molar-refractivity contribution < 1.29 is 9.90 Å². The van der Waals surface area contributed by atoms with Gasteiger partial charge in [-0.1, -0.05) is 43.2 Å². The number of benzene rings is 1. The van der Waals surface area contributed by atoms with Crippen LogP contribution in [-0.4, -0.2) is 23.7 Å². The molecule has 0 aromatic heterocycles. The van der Waals surface area contributed by atoms with Gasteiger partial charge >= 0.3 is 0 Å². The molecule has 1 aliphatic carbocycles. The second-order valence-corrected chi connectivity index (χ2v) is 5.90. The molecule has 1 saturated carbocycles. The van der Waals surface area contributed by atoms with Gasteiger partial charge in [0.25, 0.3) is 0 Å². The third kappa shape index (κ3) is 3.40. The minimum absolute atomic E-state index is 0.159. The van der Waals surface area contributed by atoms with Gasteiger partial charge in [0.15, 0.2) is 0 Å². The molecule has 1 aliphatic rings. The predicted octanol–water partition coefficient (Wildman–Crippen LogP) is 2.78. The van der Waals surface area contributed by atoms with Crippen molar-refractivity contribution in [3.8, 4) is 0 Å². The lowest BCUT2D eigenvalue weighted by Gasteiger charge is -2.28. The van der Waals surface area contributed by atoms with Gasteiger partial charge in [-0.3, -0.25) is 4.79 Å². The third-order valence-corrected chi connectivity index (χ3v) is 4.30. The Morgan fingerprint density at radius 2 is 1.95 bits per heavy atom. The molecule has 1 atom stereocenters. The van der Waals surface area contributed by atoms with Crippen LogP contribution in [0.3, 0.4) is 0 Å². The monoisotopic (exact) mass is 275 g/mol. The Morgan fingerprint density at radius 3 is 2.55 bits per heavy atom. The van der Waals surface area contributed by atoms with Crippen molar-refractivity contribution >= 4 is 5.91 Å². The molecule has 1 aromatic carbocycles. The van der Waals surface area contributed by atoms with Crippen LogP contribution < -0.4 is 5.32 Å². The maximum absolute atomic E-state index is 12.6. The van der Waals surface area contributed by atoms with E-state index in [0.717, 1.165) is 44.1 Å². The van der Waals surface area contributed by atoms with Gasteiger partial charge in [0.05, 0.1) is 11.5 Å². The molecule has 1 aromatic rings. The Kier molecular flexibility index (Phi) is 5.18. The largest absolute Gasteiger partial charge is 0.393 e. The topological polar surface area (TPSA) is 49.3 Å². The second kappa shape index (κ2) is 6.89. The minimum atomic E-state index is -0.327. The van der Waals surface area contributed by atoms with E-state index in [-0.39, 0.29) is 17.4 Å². The SMILES string of the molecule is CC(O)CCCNC(=O)C1(c2ccccc2)CCCC1. The van der Waals surface area contributed by atoms with E-state index in [1.54, 1.807) is 6.92 Å². The van der Waals surface area contributed by atoms with Gasteiger partial charge in [-0.2, -0.15) is 0 Å². The van der Waals surface area contributed by atoms with Crippen LogP contribution in [0.15, 0.2) is 30.3 Å². The highest BCUT2D eigenvalue weighted by Gasteiger charge is 2.42. The fourth-order valence-electron chi connectivity index (χ4n) is 3.15. The van der Waals surface area contributed by atoms with E-state index in [1.807, 2.05) is 18.2 Å². The summed E-state index contributed by atoms with van der Waals surface area (Å²) in [5, 5.41) is 12.3. The van der Waals surface area contributed by atoms with Crippen LogP contribution in [0.25, 0.3) is 0 Å². The van der Waals surface area contributed by atoms with Crippen molar-refractivity contribution in [2.45, 2.75) is 57.0 Å². The summed E-state index contributed by atoms with van der Waals surface area (Å²) in [6.07, 6.45) is 5.40. The molecule has 110 valence electrons. The Morgan fingerprint density at radius 1 is 1.30 bits per heavy atom. The number of carbonyl (C=O) groups is 1. The van der Waals surface area contributed by atoms with E-state index >= 15 is 0 Å². The smallest absolute Gasteiger partial charge is 0.230 e. The van der Waals surface area contributed by atoms with Gasteiger partial charge in [0.2, 0.25) is 5.91 Å². The average molecular weight is 275 g/mol. The maximum Gasteiger partial charge on any atom is 0.230 e. The van der Waals surface area contributed by atoms with E-state index in [1.165, 1.54) is 0 Å². The molecule has 3 heteroatoms. The first-order chi connectivity index (χ1) is 9.65. The Balaban J connectivity index is 2.00. The zero-order valence-corrected chi connectivity index (χ0v) is 12.3. The van der Waals surface area contributed by atoms with Crippen LogP contribution in [0.2, 0.25) is 0 Å². The van der Waals surface area contributed by atoms with E-state index < -0.39 is 0 Å². The van der Waals surface area contributed by atoms with Gasteiger partial charge in [0.1, 0.15) is 0 Å². The molecule has 0 bridgehead atoms. The molecule has 1 amide bonds. The number of hydrogen-bond acceptors (Lipinski definition) is 2. The van der Waals surface area contributed by atoms with Crippen LogP contribution >= 0.6 is 0 Å². The number of nitrogens with one attached hydrogen (secondary N) is 1. The van der Waals surface area contributed by atoms with Crippen molar-refractivity contribution in [3.05, 3.63) is 35.9 Å². The first kappa shape index (κ1) is 15.0. The normalized spacial score (nSPS) is 18.7. The zero-order valence-electron chi connectivity index (χ0n) is 12.3. The second-order valence-electron chi connectivity index (χ2n) is 5.90. The molecule has 2 N–H and O–H groups in total. The van der Waals surface area contributed by atoms with Crippen molar-refractivity contribution in [2.24, 2.45) is 0 Å². The van der Waals surface area contributed by atoms with Gasteiger partial charge in [-0.25, -0.2) is 0 Å². The molecule has 0 radical (unpaired) electrons. The van der Waals surface area contributed by atoms with Crippen LogP contribution in [0, 0.1) is 0 Å². The van der Waals surface area contributed by atoms with Gasteiger partial charge in [-0.05, 0) is 38.2 Å². The summed E-state index contributed by atoms with van der Waals surface area (Å²) in [5.74, 6) is 0.159. The lowest BCUT2D eigenvalue weighted by molar-refractivity contribution is -0.126. The minimum Gasteiger partial charge on any atom is -0.393 e. The highest BCUT2D eigenvalue weighted by molar-refractivity contribution is 5.88. The molecule has 0 aliphatic heterocycles. The Labute approximate surface area is 121 Å². The number of amides is 1. The van der Waals surface area contributed by atoms with Crippen molar-refractivity contribution in [1.82, 2.24) is 5.32 Å². The van der Waals surface area contributed by atoms with Crippen molar-refractivity contribution in [2.75, 3.05) is 6.54 Å². The summed E-state index contributed by atoms with van der Waals surface area (Å²) in [4.78, 5) is 12.6. The standard InChI is InChI=1S/C17H25NO2/c1-14(19)8-7-13-18-16(20)17(11-5-6-12-17)15-9-3-2-4-10-15/h2-4,9-10,14,19H,5-8,11-13H2,1H3,(H,18,20). The fourth-order valence-corrected chi connectivity index (χ4v) is 3.15. The molecular formula is C17H25NO2. The molecule has 1 unspecified atom stereocenters. The number of hydrogen-bond donors (Lipinski definition) is 2. The van der Waals surface area contributed by atoms with Crippen LogP contribution in [0.4, 0.5) is 0 Å². The number of carbonyl (C=O) groups excluding carboxylic acids is 1. The van der Waals surface area contributed by atoms with Crippen molar-refractivity contribution in [3.63, 3.8) is 0 Å². The molecule has 1 fully saturated rings. The molecule has 0 saturated heterocycles. The molecular weight excluding hydrogens is 250 g/mol. The molecule has 3 nitrogen and oxygen atoms in total. The van der Waals surface area contributed by atoms with E-state index in [2.05, 4.69) is 17.4 Å². The molecule has 20 heavy (non-hydrogen) atoms. The number of rotatable bonds is 6. The highest BCUT2D eigenvalue weighted by Crippen LogP contribution is 2.41. The predicted molar refractivity (Wildman–Crippen MR) is 80.5 cm³/mol. The number of aliphatic hydroxyl groups excluding tert-OH is 1. The lowest BCUT2D eigenvalue weighted by Crippen LogP contribution is -2.43. The summed E-state index contributed by atoms with van der Waals surface area (Å²) in [6.45, 7) is 2.43. The summed E-state index contributed by atoms with van der Waals surface area (Å²) in [5.41, 5.74) is 0.817. The molecule has 0 spiro atoms. The summed E-state index contributed by atoms with van der Waals surface area (Å²) in [6, 6.07) is 10.2. The average Bonchev–Trinajstić information content (AvgIpc) is 2.95. The van der Waals surface area contributed by atoms with E-state index in [4.69, 9.17) is 0 Å². The zero-order chi connectivity index (χ0) is 14.4. The van der Waals surface area contributed by atoms with E-state index in [9.17, 15) is 9.90 Å². The Hall–Kier alpha value is -1.35. The highest BCUT2D eigenvalue weighted by atomic mass is 16.3. The summed E-state index contributed by atoms with van der Waals surface area (Å²) < 4.78 is 0. The first-order valence-electron chi connectivity index (χ1n) is 7.67. The third-order valence-electron chi connectivity index (χ3n) is 4.30. The van der Waals surface area contributed by atoms with Crippen LogP contribution in [0.5, 0.6) is 0 Å². The van der Waals surface area contributed by atoms with Gasteiger partial charge < -0.3 is 10.4 Å². The molecule has 0 heterocycles. The van der Waals surface area contributed by atoms with Crippen LogP contribution in [0.1, 0.15) is 51.0 Å². The summed E-state index contributed by atoms with van der Waals surface area (Å²) in [7, 11) is 0. The Bertz CT molecular complexity index is 422. The first-order valence-corrected chi connectivity index (χ1v) is 7.67. The lowest BCUT2D eigenvalue weighted by atomic mass is 9.78. The van der Waals surface area contributed by atoms with Crippen LogP contribution in [-0.2, 0) is 10.2 Å². The fraction of sp³-hybridized carbons (Fsp3) is 0.588. The van der Waals surface area contributed by atoms with E-state index in [0.29, 0.717) is 6.54 Å². The number of aliphatic hydroxyl groups is 1. The summed E-state index contributed by atoms with van der Waals surface area (Å²) >= 11 is 0. The van der Waals surface area contributed by atoms with Gasteiger partial charge in [0, 0.05) is 6.54 Å². The molecule has 2 rings (SSSR count). The quantitative estimate of drug-likeness (QED) is 0.784. The maximum atomic E-state index is 12.6. The van der Waals surface area contributed by atoms with Crippen molar-refractivity contribution in [1.29, 1.82) is 0 Å². The van der Waals surface area contributed by atoms with Gasteiger partial charge in [-0.15, -0.1) is 0 Å².